The monoisotopic (exact) mass is 122 g/mol. The average Bonchev–Trinajstić information content (AvgIpc) is 1.35. The fraction of sp³-hybridized carbons (Fsp3) is 1.00. The normalized spacial score (nSPS) is 9.50. The van der Waals surface area contributed by atoms with Crippen LogP contribution in [0.3, 0.4) is 0 Å². The lowest BCUT2D eigenvalue weighted by Gasteiger charge is -1.86. The molecule has 0 aliphatic heterocycles. The van der Waals surface area contributed by atoms with Gasteiger partial charge in [0, 0.05) is 0 Å². The highest BCUT2D eigenvalue weighted by molar-refractivity contribution is 6.40. The molecule has 6 heavy (non-hydrogen) atoms. The molecule has 0 aromatic rings. The molecule has 0 radical (unpaired) electrons. The lowest BCUT2D eigenvalue weighted by atomic mass is 11.9. The molecule has 3 nitrogen and oxygen atoms in total. The molecule has 0 atom stereocenters. The molecule has 1 N–H and O–H groups in total. The SMILES string of the molecule is C[SiH2]O[Si](=O)O. The van der Waals surface area contributed by atoms with Crippen molar-refractivity contribution in [1.29, 1.82) is 0 Å². The first kappa shape index (κ1) is 5.83. The van der Waals surface area contributed by atoms with Gasteiger partial charge in [0.2, 0.25) is 9.76 Å². The van der Waals surface area contributed by atoms with E-state index in [1.807, 2.05) is 0 Å². The van der Waals surface area contributed by atoms with E-state index in [1.54, 1.807) is 6.55 Å². The highest BCUT2D eigenvalue weighted by atomic mass is 28.3. The van der Waals surface area contributed by atoms with Gasteiger partial charge in [0.05, 0.1) is 0 Å². The maximum atomic E-state index is 9.60. The Morgan fingerprint density at radius 2 is 2.50 bits per heavy atom. The summed E-state index contributed by atoms with van der Waals surface area (Å²) < 4.78 is 13.9. The van der Waals surface area contributed by atoms with Crippen LogP contribution in [0.5, 0.6) is 0 Å². The topological polar surface area (TPSA) is 46.5 Å². The third kappa shape index (κ3) is 3.83. The van der Waals surface area contributed by atoms with Gasteiger partial charge in [0.25, 0.3) is 0 Å². The predicted octanol–water partition coefficient (Wildman–Crippen LogP) is -1.46. The van der Waals surface area contributed by atoms with Crippen LogP contribution in [-0.4, -0.2) is 23.7 Å². The lowest BCUT2D eigenvalue weighted by molar-refractivity contribution is 0.347. The summed E-state index contributed by atoms with van der Waals surface area (Å²) >= 11 is 0. The minimum absolute atomic E-state index is 0.651. The van der Waals surface area contributed by atoms with Crippen LogP contribution in [-0.2, 0) is 8.58 Å². The van der Waals surface area contributed by atoms with Crippen molar-refractivity contribution >= 4 is 18.9 Å². The summed E-state index contributed by atoms with van der Waals surface area (Å²) in [5, 5.41) is 0. The quantitative estimate of drug-likeness (QED) is 0.455. The van der Waals surface area contributed by atoms with Crippen LogP contribution >= 0.6 is 0 Å². The fourth-order valence-electron chi connectivity index (χ4n) is 0.123. The van der Waals surface area contributed by atoms with Crippen molar-refractivity contribution in [2.75, 3.05) is 0 Å². The van der Waals surface area contributed by atoms with E-state index in [9.17, 15) is 4.46 Å². The summed E-state index contributed by atoms with van der Waals surface area (Å²) in [6.07, 6.45) is 0. The van der Waals surface area contributed by atoms with Gasteiger partial charge in [-0.1, -0.05) is 0 Å². The Morgan fingerprint density at radius 1 is 2.00 bits per heavy atom. The summed E-state index contributed by atoms with van der Waals surface area (Å²) in [5.74, 6) is 0. The van der Waals surface area contributed by atoms with Crippen LogP contribution in [0, 0.1) is 0 Å². The van der Waals surface area contributed by atoms with Gasteiger partial charge >= 0.3 is 9.17 Å². The van der Waals surface area contributed by atoms with Gasteiger partial charge in [-0.3, -0.25) is 4.46 Å². The molecule has 0 aliphatic rings. The van der Waals surface area contributed by atoms with E-state index in [1.165, 1.54) is 0 Å². The van der Waals surface area contributed by atoms with Crippen molar-refractivity contribution in [3.63, 3.8) is 0 Å². The van der Waals surface area contributed by atoms with E-state index in [0.717, 1.165) is 0 Å². The van der Waals surface area contributed by atoms with E-state index in [2.05, 4.69) is 4.12 Å². The minimum Gasteiger partial charge on any atom is -0.557 e. The molecular weight excluding hydrogens is 116 g/mol. The van der Waals surface area contributed by atoms with Crippen molar-refractivity contribution < 1.29 is 13.4 Å². The van der Waals surface area contributed by atoms with Crippen LogP contribution in [0.4, 0.5) is 0 Å². The van der Waals surface area contributed by atoms with Gasteiger partial charge in [-0.25, -0.2) is 0 Å². The highest BCUT2D eigenvalue weighted by Gasteiger charge is 1.96. The summed E-state index contributed by atoms with van der Waals surface area (Å²) in [5.41, 5.74) is 0. The number of hydrogen-bond acceptors (Lipinski definition) is 2. The third-order valence-corrected chi connectivity index (χ3v) is 2.41. The van der Waals surface area contributed by atoms with Crippen molar-refractivity contribution in [3.05, 3.63) is 0 Å². The Morgan fingerprint density at radius 3 is 2.50 bits per heavy atom. The van der Waals surface area contributed by atoms with E-state index in [0.29, 0.717) is 0 Å². The Labute approximate surface area is 39.8 Å². The minimum atomic E-state index is -2.57. The summed E-state index contributed by atoms with van der Waals surface area (Å²) in [7, 11) is -3.22. The van der Waals surface area contributed by atoms with Crippen LogP contribution in [0.2, 0.25) is 6.55 Å². The number of rotatable bonds is 2. The van der Waals surface area contributed by atoms with E-state index in [-0.39, 0.29) is 0 Å². The Bertz CT molecular complexity index is 52.8. The third-order valence-electron chi connectivity index (χ3n) is 0.268. The number of hydrogen-bond donors (Lipinski definition) is 1. The Kier molecular flexibility index (Phi) is 2.96. The van der Waals surface area contributed by atoms with E-state index in [4.69, 9.17) is 4.80 Å². The smallest absolute Gasteiger partial charge is 0.557 e. The molecular formula is CH6O3Si2. The molecule has 0 bridgehead atoms. The Hall–Kier alpha value is -0.166. The standard InChI is InChI=1S/CH6O3Si2/c1-5-4-6(2)3/h2H,5H2,1H3. The molecule has 0 unspecified atom stereocenters. The van der Waals surface area contributed by atoms with E-state index >= 15 is 0 Å². The maximum absolute atomic E-state index is 9.60. The largest absolute Gasteiger partial charge is 0.748 e. The molecule has 5 heteroatoms. The average molecular weight is 122 g/mol. The molecule has 0 saturated carbocycles. The van der Waals surface area contributed by atoms with Crippen LogP contribution < -0.4 is 0 Å². The van der Waals surface area contributed by atoms with Crippen molar-refractivity contribution in [2.24, 2.45) is 0 Å². The molecule has 0 spiro atoms. The molecule has 36 valence electrons. The molecule has 0 aromatic heterocycles. The summed E-state index contributed by atoms with van der Waals surface area (Å²) in [6, 6.07) is 0. The molecule has 0 aromatic carbocycles. The first-order chi connectivity index (χ1) is 2.77. The fourth-order valence-corrected chi connectivity index (χ4v) is 1.11. The van der Waals surface area contributed by atoms with E-state index < -0.39 is 18.9 Å². The van der Waals surface area contributed by atoms with Gasteiger partial charge in [0.15, 0.2) is 0 Å². The first-order valence-electron chi connectivity index (χ1n) is 1.63. The van der Waals surface area contributed by atoms with Crippen LogP contribution in [0.15, 0.2) is 0 Å². The molecule has 0 heterocycles. The Balaban J connectivity index is 2.83. The van der Waals surface area contributed by atoms with Crippen molar-refractivity contribution in [3.8, 4) is 0 Å². The van der Waals surface area contributed by atoms with Gasteiger partial charge in [0.1, 0.15) is 0 Å². The molecule has 0 fully saturated rings. The second-order valence-electron chi connectivity index (χ2n) is 0.699. The molecule has 0 aliphatic carbocycles. The molecule has 0 saturated heterocycles. The van der Waals surface area contributed by atoms with Crippen LogP contribution in [0.25, 0.3) is 0 Å². The zero-order valence-electron chi connectivity index (χ0n) is 3.47. The summed E-state index contributed by atoms with van der Waals surface area (Å²) in [6.45, 7) is 1.80. The second-order valence-corrected chi connectivity index (χ2v) is 2.96. The summed E-state index contributed by atoms with van der Waals surface area (Å²) in [4.78, 5) is 7.91. The lowest BCUT2D eigenvalue weighted by Crippen LogP contribution is -2.05. The second kappa shape index (κ2) is 3.04. The maximum Gasteiger partial charge on any atom is 0.748 e. The first-order valence-corrected chi connectivity index (χ1v) is 4.88. The van der Waals surface area contributed by atoms with Gasteiger partial charge < -0.3 is 8.91 Å². The van der Waals surface area contributed by atoms with Crippen molar-refractivity contribution in [2.45, 2.75) is 6.55 Å². The van der Waals surface area contributed by atoms with Crippen molar-refractivity contribution in [1.82, 2.24) is 0 Å². The predicted molar refractivity (Wildman–Crippen MR) is 24.2 cm³/mol. The highest BCUT2D eigenvalue weighted by Crippen LogP contribution is 1.60. The van der Waals surface area contributed by atoms with Crippen LogP contribution in [0.1, 0.15) is 0 Å². The molecule has 0 amide bonds. The zero-order valence-corrected chi connectivity index (χ0v) is 5.89. The molecule has 0 rings (SSSR count). The van der Waals surface area contributed by atoms with Gasteiger partial charge in [-0.05, 0) is 6.55 Å². The van der Waals surface area contributed by atoms with Gasteiger partial charge in [-0.15, -0.1) is 0 Å². The zero-order chi connectivity index (χ0) is 4.99. The van der Waals surface area contributed by atoms with Gasteiger partial charge in [-0.2, -0.15) is 0 Å².